The zero-order chi connectivity index (χ0) is 80.3. The minimum Gasteiger partial charge on any atom is -0.455 e. The summed E-state index contributed by atoms with van der Waals surface area (Å²) in [5.74, 6) is 3.75. The van der Waals surface area contributed by atoms with Crippen LogP contribution in [0.4, 0.5) is 0 Å². The molecule has 0 radical (unpaired) electrons. The van der Waals surface area contributed by atoms with Crippen molar-refractivity contribution in [3.8, 4) is 119 Å². The van der Waals surface area contributed by atoms with E-state index in [1.807, 2.05) is 72.8 Å². The highest BCUT2D eigenvalue weighted by molar-refractivity contribution is 7.26. The van der Waals surface area contributed by atoms with E-state index < -0.39 is 0 Å². The summed E-state index contributed by atoms with van der Waals surface area (Å²) in [6, 6.07) is 137. The van der Waals surface area contributed by atoms with Crippen LogP contribution in [0.1, 0.15) is 0 Å². The Balaban J connectivity index is 0.000000139. The molecule has 25 aromatic rings. The third kappa shape index (κ3) is 11.8. The van der Waals surface area contributed by atoms with E-state index in [1.165, 1.54) is 25.6 Å². The Morgan fingerprint density at radius 1 is 0.205 bits per heavy atom. The van der Waals surface area contributed by atoms with Crippen LogP contribution in [-0.4, -0.2) is 44.4 Å². The van der Waals surface area contributed by atoms with Gasteiger partial charge >= 0.3 is 0 Å². The maximum absolute atomic E-state index is 6.81. The molecule has 0 aliphatic carbocycles. The lowest BCUT2D eigenvalue weighted by molar-refractivity contribution is 0.670. The maximum Gasteiger partial charge on any atom is 0.164 e. The highest BCUT2D eigenvalue weighted by Crippen LogP contribution is 2.48. The fourth-order valence-corrected chi connectivity index (χ4v) is 19.1. The summed E-state index contributed by atoms with van der Waals surface area (Å²) in [7, 11) is 0. The minimum atomic E-state index is 0.602. The van der Waals surface area contributed by atoms with Crippen molar-refractivity contribution in [1.82, 2.24) is 44.4 Å². The SMILES string of the molecule is c1ccc(-c2nc(-c3ccc(-c4cccc5c4oc4ccc6c(-c7ccccc7)nc7ccccc7c6c45)cc3)nc(-c3ccc4c(c3)c3ccccc3n4-c3ccccc3)n2)cc1.c1ccc(-c2nc(-c3ccc(-c4cccc5c4oc4ccc6c(-c7ccccc7)nc7ccccc7c6c45)cc3)nc(-c3cccc4sc5ccccc5c34)n2)cc1. The topological polar surface area (TPSA) is 134 Å². The van der Waals surface area contributed by atoms with Crippen LogP contribution in [0.3, 0.4) is 0 Å². The van der Waals surface area contributed by atoms with Gasteiger partial charge in [-0.15, -0.1) is 11.3 Å². The zero-order valence-electron chi connectivity index (χ0n) is 65.3. The van der Waals surface area contributed by atoms with E-state index in [2.05, 4.69) is 326 Å². The molecular formula is C110H65N9O2S. The number of hydrogen-bond donors (Lipinski definition) is 0. The number of aromatic nitrogens is 9. The smallest absolute Gasteiger partial charge is 0.164 e. The van der Waals surface area contributed by atoms with Crippen LogP contribution in [0.5, 0.6) is 0 Å². The maximum atomic E-state index is 6.81. The lowest BCUT2D eigenvalue weighted by Crippen LogP contribution is -2.00. The van der Waals surface area contributed by atoms with Crippen LogP contribution < -0.4 is 0 Å². The molecule has 0 unspecified atom stereocenters. The molecule has 0 aliphatic heterocycles. The van der Waals surface area contributed by atoms with E-state index in [1.54, 1.807) is 11.3 Å². The van der Waals surface area contributed by atoms with Gasteiger partial charge in [0.05, 0.1) is 33.5 Å². The zero-order valence-corrected chi connectivity index (χ0v) is 66.1. The molecule has 0 spiro atoms. The fourth-order valence-electron chi connectivity index (χ4n) is 18.0. The minimum absolute atomic E-state index is 0.602. The van der Waals surface area contributed by atoms with Crippen molar-refractivity contribution in [3.63, 3.8) is 0 Å². The average molecular weight is 1580 g/mol. The molecule has 0 atom stereocenters. The second-order valence-electron chi connectivity index (χ2n) is 30.7. The predicted molar refractivity (Wildman–Crippen MR) is 501 cm³/mol. The van der Waals surface area contributed by atoms with Crippen LogP contribution in [0.15, 0.2) is 403 Å². The Bertz CT molecular complexity index is 8490. The summed E-state index contributed by atoms with van der Waals surface area (Å²) in [4.78, 5) is 41.0. The monoisotopic (exact) mass is 1580 g/mol. The molecule has 0 amide bonds. The molecular weight excluding hydrogens is 1510 g/mol. The second-order valence-corrected chi connectivity index (χ2v) is 31.8. The third-order valence-corrected chi connectivity index (χ3v) is 24.7. The van der Waals surface area contributed by atoms with Crippen LogP contribution in [0, 0.1) is 0 Å². The first-order valence-corrected chi connectivity index (χ1v) is 41.6. The number of nitrogens with zero attached hydrogens (tertiary/aromatic N) is 9. The van der Waals surface area contributed by atoms with Crippen LogP contribution in [0.25, 0.3) is 248 Å². The van der Waals surface area contributed by atoms with E-state index in [4.69, 9.17) is 48.7 Å². The molecule has 0 fully saturated rings. The van der Waals surface area contributed by atoms with Crippen molar-refractivity contribution in [2.75, 3.05) is 0 Å². The van der Waals surface area contributed by atoms with E-state index in [0.717, 1.165) is 187 Å². The number of thiophene rings is 1. The van der Waals surface area contributed by atoms with Gasteiger partial charge < -0.3 is 13.4 Å². The molecule has 8 aromatic heterocycles. The Morgan fingerprint density at radius 2 is 0.574 bits per heavy atom. The van der Waals surface area contributed by atoms with Gasteiger partial charge in [-0.25, -0.2) is 39.9 Å². The number of fused-ring (bicyclic) bond motifs is 20. The summed E-state index contributed by atoms with van der Waals surface area (Å²) in [6.07, 6.45) is 0. The van der Waals surface area contributed by atoms with Crippen LogP contribution in [-0.2, 0) is 0 Å². The first kappa shape index (κ1) is 70.0. The highest BCUT2D eigenvalue weighted by Gasteiger charge is 2.25. The molecule has 0 N–H and O–H groups in total. The molecule has 12 heteroatoms. The Kier molecular flexibility index (Phi) is 16.5. The molecule has 0 saturated heterocycles. The number of pyridine rings is 2. The van der Waals surface area contributed by atoms with E-state index in [9.17, 15) is 0 Å². The number of furan rings is 2. The van der Waals surface area contributed by atoms with Crippen molar-refractivity contribution in [2.45, 2.75) is 0 Å². The van der Waals surface area contributed by atoms with Gasteiger partial charge in [-0.1, -0.05) is 309 Å². The molecule has 0 bridgehead atoms. The third-order valence-electron chi connectivity index (χ3n) is 23.6. The molecule has 25 rings (SSSR count). The van der Waals surface area contributed by atoms with Gasteiger partial charge in [0.2, 0.25) is 0 Å². The largest absolute Gasteiger partial charge is 0.455 e. The quantitative estimate of drug-likeness (QED) is 0.115. The predicted octanol–water partition coefficient (Wildman–Crippen LogP) is 29.1. The van der Waals surface area contributed by atoms with Gasteiger partial charge in [-0.3, -0.25) is 0 Å². The van der Waals surface area contributed by atoms with E-state index in [-0.39, 0.29) is 0 Å². The van der Waals surface area contributed by atoms with E-state index in [0.29, 0.717) is 34.9 Å². The lowest BCUT2D eigenvalue weighted by atomic mass is 9.95. The number of hydrogen-bond acceptors (Lipinski definition) is 11. The molecule has 122 heavy (non-hydrogen) atoms. The van der Waals surface area contributed by atoms with E-state index >= 15 is 0 Å². The Hall–Kier alpha value is -16.3. The van der Waals surface area contributed by atoms with Gasteiger partial charge in [0.15, 0.2) is 34.9 Å². The summed E-state index contributed by atoms with van der Waals surface area (Å²) in [5.41, 5.74) is 22.5. The average Bonchev–Trinajstić information content (AvgIpc) is 1.52. The Morgan fingerprint density at radius 3 is 1.09 bits per heavy atom. The number of benzene rings is 17. The first-order chi connectivity index (χ1) is 60.5. The fraction of sp³-hybridized carbons (Fsp3) is 0. The second kappa shape index (κ2) is 28.8. The summed E-state index contributed by atoms with van der Waals surface area (Å²) >= 11 is 1.79. The first-order valence-electron chi connectivity index (χ1n) is 40.8. The summed E-state index contributed by atoms with van der Waals surface area (Å²) in [6.45, 7) is 0. The number of para-hydroxylation sites is 6. The molecule has 17 aromatic carbocycles. The van der Waals surface area contributed by atoms with Gasteiger partial charge in [0.1, 0.15) is 22.3 Å². The van der Waals surface area contributed by atoms with Crippen molar-refractivity contribution >= 4 is 141 Å². The van der Waals surface area contributed by atoms with Crippen molar-refractivity contribution in [1.29, 1.82) is 0 Å². The molecule has 568 valence electrons. The van der Waals surface area contributed by atoms with Crippen LogP contribution >= 0.6 is 11.3 Å². The van der Waals surface area contributed by atoms with Gasteiger partial charge in [-0.2, -0.15) is 0 Å². The molecule has 0 aliphatic rings. The lowest BCUT2D eigenvalue weighted by Gasteiger charge is -2.11. The summed E-state index contributed by atoms with van der Waals surface area (Å²) in [5, 5.41) is 15.7. The van der Waals surface area contributed by atoms with Gasteiger partial charge in [0, 0.05) is 146 Å². The summed E-state index contributed by atoms with van der Waals surface area (Å²) < 4.78 is 18.4. The van der Waals surface area contributed by atoms with Gasteiger partial charge in [0.25, 0.3) is 0 Å². The molecule has 0 saturated carbocycles. The highest BCUT2D eigenvalue weighted by atomic mass is 32.1. The standard InChI is InChI=1S/C58H35N5O.C52H30N4OS/c1-4-15-37(16-5-1)54-45-32-34-51-53(52(45)44-22-10-12-25-48(44)59-54)46-24-14-23-42(55(46)64-51)36-27-29-39(30-28-36)57-60-56(38-17-6-2-7-18-38)61-58(62-57)40-31-33-50-47(35-40)43-21-11-13-26-49(43)63(50)41-19-8-3-9-20-41;1-3-13-32(14-4-1)48-38-29-30-42-47(46(38)36-17-7-9-22-41(36)53-48)39-20-11-19-35(49(39)57-42)31-25-27-34(28-26-31)51-54-50(33-15-5-2-6-16-33)55-52(56-51)40-21-12-24-44-45(40)37-18-8-10-23-43(37)58-44/h1-35H;1-30H. The van der Waals surface area contributed by atoms with Crippen LogP contribution in [0.2, 0.25) is 0 Å². The Labute approximate surface area is 702 Å². The van der Waals surface area contributed by atoms with Crippen molar-refractivity contribution in [2.24, 2.45) is 0 Å². The molecule has 8 heterocycles. The van der Waals surface area contributed by atoms with Gasteiger partial charge in [-0.05, 0) is 96.1 Å². The number of rotatable bonds is 11. The molecule has 11 nitrogen and oxygen atoms in total. The normalized spacial score (nSPS) is 11.8. The van der Waals surface area contributed by atoms with Crippen molar-refractivity contribution in [3.05, 3.63) is 394 Å². The van der Waals surface area contributed by atoms with Crippen molar-refractivity contribution < 1.29 is 8.83 Å².